The number of carbonyl (C=O) groups is 2. The number of amides is 1. The van der Waals surface area contributed by atoms with Gasteiger partial charge >= 0.3 is 5.97 Å². The van der Waals surface area contributed by atoms with Gasteiger partial charge in [0.1, 0.15) is 18.4 Å². The monoisotopic (exact) mass is 253 g/mol. The normalized spacial score (nSPS) is 19.2. The molecule has 2 heterocycles. The molecule has 1 aromatic rings. The van der Waals surface area contributed by atoms with Gasteiger partial charge in [0, 0.05) is 13.7 Å². The fraction of sp³-hybridized carbons (Fsp3) is 0.500. The molecule has 1 aliphatic heterocycles. The molecule has 1 saturated heterocycles. The highest BCUT2D eigenvalue weighted by molar-refractivity contribution is 5.94. The first-order valence-electron chi connectivity index (χ1n) is 5.75. The van der Waals surface area contributed by atoms with Crippen LogP contribution < -0.4 is 0 Å². The summed E-state index contributed by atoms with van der Waals surface area (Å²) in [6, 6.07) is 2.46. The lowest BCUT2D eigenvalue weighted by atomic mass is 10.2. The molecule has 1 fully saturated rings. The van der Waals surface area contributed by atoms with Crippen LogP contribution in [0.3, 0.4) is 0 Å². The Kier molecular flexibility index (Phi) is 3.66. The summed E-state index contributed by atoms with van der Waals surface area (Å²) in [6.07, 6.45) is 1.20. The summed E-state index contributed by atoms with van der Waals surface area (Å²) in [7, 11) is 1.53. The van der Waals surface area contributed by atoms with Crippen molar-refractivity contribution in [3.8, 4) is 0 Å². The van der Waals surface area contributed by atoms with Gasteiger partial charge in [0.2, 0.25) is 0 Å². The molecule has 98 valence electrons. The van der Waals surface area contributed by atoms with Crippen LogP contribution in [0.2, 0.25) is 0 Å². The molecule has 6 nitrogen and oxygen atoms in total. The number of aliphatic carboxylic acids is 1. The SMILES string of the molecule is COCc1ccc(C(=O)N2CCC[C@H]2C(=O)O)o1. The predicted octanol–water partition coefficient (Wildman–Crippen LogP) is 1.12. The molecule has 0 radical (unpaired) electrons. The summed E-state index contributed by atoms with van der Waals surface area (Å²) >= 11 is 0. The van der Waals surface area contributed by atoms with Crippen molar-refractivity contribution < 1.29 is 23.8 Å². The Morgan fingerprint density at radius 3 is 3.00 bits per heavy atom. The van der Waals surface area contributed by atoms with Gasteiger partial charge in [-0.25, -0.2) is 4.79 Å². The average Bonchev–Trinajstić information content (AvgIpc) is 2.96. The summed E-state index contributed by atoms with van der Waals surface area (Å²) in [5.74, 6) is -0.631. The van der Waals surface area contributed by atoms with E-state index in [0.717, 1.165) is 0 Å². The minimum Gasteiger partial charge on any atom is -0.480 e. The molecule has 18 heavy (non-hydrogen) atoms. The Morgan fingerprint density at radius 1 is 1.56 bits per heavy atom. The van der Waals surface area contributed by atoms with Gasteiger partial charge in [-0.1, -0.05) is 0 Å². The van der Waals surface area contributed by atoms with Crippen LogP contribution in [0.15, 0.2) is 16.5 Å². The van der Waals surface area contributed by atoms with Gasteiger partial charge in [0.05, 0.1) is 0 Å². The van der Waals surface area contributed by atoms with Crippen LogP contribution >= 0.6 is 0 Å². The fourth-order valence-electron chi connectivity index (χ4n) is 2.12. The standard InChI is InChI=1S/C12H15NO5/c1-17-7-8-4-5-10(18-8)11(14)13-6-2-3-9(13)12(15)16/h4-5,9H,2-3,6-7H2,1H3,(H,15,16)/t9-/m0/s1. The Morgan fingerprint density at radius 2 is 2.33 bits per heavy atom. The second-order valence-electron chi connectivity index (χ2n) is 4.19. The van der Waals surface area contributed by atoms with E-state index in [1.54, 1.807) is 12.1 Å². The molecule has 1 N–H and O–H groups in total. The van der Waals surface area contributed by atoms with Crippen LogP contribution in [-0.2, 0) is 16.1 Å². The first-order chi connectivity index (χ1) is 8.63. The number of furan rings is 1. The van der Waals surface area contributed by atoms with Gasteiger partial charge in [-0.3, -0.25) is 4.79 Å². The van der Waals surface area contributed by atoms with Crippen molar-refractivity contribution in [3.63, 3.8) is 0 Å². The molecular weight excluding hydrogens is 238 g/mol. The number of hydrogen-bond donors (Lipinski definition) is 1. The molecule has 6 heteroatoms. The molecular formula is C12H15NO5. The first kappa shape index (κ1) is 12.6. The van der Waals surface area contributed by atoms with Crippen LogP contribution in [0.5, 0.6) is 0 Å². The predicted molar refractivity (Wildman–Crippen MR) is 61.1 cm³/mol. The van der Waals surface area contributed by atoms with Crippen LogP contribution in [0.4, 0.5) is 0 Å². The lowest BCUT2D eigenvalue weighted by molar-refractivity contribution is -0.141. The molecule has 1 aliphatic rings. The minimum atomic E-state index is -0.968. The summed E-state index contributed by atoms with van der Waals surface area (Å²) < 4.78 is 10.2. The Balaban J connectivity index is 2.12. The Labute approximate surface area is 104 Å². The highest BCUT2D eigenvalue weighted by Crippen LogP contribution is 2.21. The first-order valence-corrected chi connectivity index (χ1v) is 5.75. The van der Waals surface area contributed by atoms with Crippen molar-refractivity contribution in [2.24, 2.45) is 0 Å². The summed E-state index contributed by atoms with van der Waals surface area (Å²) in [5.41, 5.74) is 0. The molecule has 1 amide bonds. The van der Waals surface area contributed by atoms with Crippen LogP contribution in [0.25, 0.3) is 0 Å². The van der Waals surface area contributed by atoms with E-state index in [2.05, 4.69) is 0 Å². The molecule has 0 bridgehead atoms. The third-order valence-corrected chi connectivity index (χ3v) is 2.96. The summed E-state index contributed by atoms with van der Waals surface area (Å²) in [4.78, 5) is 24.5. The number of carboxylic acids is 1. The maximum Gasteiger partial charge on any atom is 0.326 e. The smallest absolute Gasteiger partial charge is 0.326 e. The summed E-state index contributed by atoms with van der Waals surface area (Å²) in [6.45, 7) is 0.742. The van der Waals surface area contributed by atoms with E-state index < -0.39 is 12.0 Å². The van der Waals surface area contributed by atoms with E-state index in [-0.39, 0.29) is 18.3 Å². The van der Waals surface area contributed by atoms with Crippen LogP contribution in [-0.4, -0.2) is 41.6 Å². The second-order valence-corrected chi connectivity index (χ2v) is 4.19. The molecule has 0 saturated carbocycles. The number of ether oxygens (including phenoxy) is 1. The van der Waals surface area contributed by atoms with E-state index in [0.29, 0.717) is 25.1 Å². The van der Waals surface area contributed by atoms with Crippen molar-refractivity contribution in [2.75, 3.05) is 13.7 Å². The molecule has 2 rings (SSSR count). The molecule has 1 aromatic heterocycles. The number of rotatable bonds is 4. The van der Waals surface area contributed by atoms with E-state index in [1.165, 1.54) is 12.0 Å². The lowest BCUT2D eigenvalue weighted by Gasteiger charge is -2.19. The van der Waals surface area contributed by atoms with E-state index in [1.807, 2.05) is 0 Å². The molecule has 0 unspecified atom stereocenters. The molecule has 0 aliphatic carbocycles. The van der Waals surface area contributed by atoms with Gasteiger partial charge in [-0.15, -0.1) is 0 Å². The van der Waals surface area contributed by atoms with Gasteiger partial charge in [0.25, 0.3) is 5.91 Å². The topological polar surface area (TPSA) is 80.0 Å². The molecule has 0 spiro atoms. The number of carbonyl (C=O) groups excluding carboxylic acids is 1. The number of likely N-dealkylation sites (tertiary alicyclic amines) is 1. The zero-order valence-electron chi connectivity index (χ0n) is 10.1. The van der Waals surface area contributed by atoms with E-state index >= 15 is 0 Å². The van der Waals surface area contributed by atoms with Crippen molar-refractivity contribution in [2.45, 2.75) is 25.5 Å². The highest BCUT2D eigenvalue weighted by Gasteiger charge is 2.35. The van der Waals surface area contributed by atoms with Crippen LogP contribution in [0, 0.1) is 0 Å². The van der Waals surface area contributed by atoms with Crippen LogP contribution in [0.1, 0.15) is 29.2 Å². The average molecular weight is 253 g/mol. The van der Waals surface area contributed by atoms with E-state index in [4.69, 9.17) is 14.3 Å². The maximum absolute atomic E-state index is 12.1. The Bertz CT molecular complexity index is 453. The fourth-order valence-corrected chi connectivity index (χ4v) is 2.12. The van der Waals surface area contributed by atoms with E-state index in [9.17, 15) is 9.59 Å². The van der Waals surface area contributed by atoms with Crippen molar-refractivity contribution >= 4 is 11.9 Å². The lowest BCUT2D eigenvalue weighted by Crippen LogP contribution is -2.40. The van der Waals surface area contributed by atoms with Gasteiger partial charge < -0.3 is 19.2 Å². The maximum atomic E-state index is 12.1. The number of carboxylic acid groups (broad SMARTS) is 1. The third kappa shape index (κ3) is 2.38. The number of methoxy groups -OCH3 is 1. The largest absolute Gasteiger partial charge is 0.480 e. The second kappa shape index (κ2) is 5.22. The highest BCUT2D eigenvalue weighted by atomic mass is 16.5. The third-order valence-electron chi connectivity index (χ3n) is 2.96. The quantitative estimate of drug-likeness (QED) is 0.869. The summed E-state index contributed by atoms with van der Waals surface area (Å²) in [5, 5.41) is 9.02. The Hall–Kier alpha value is -1.82. The van der Waals surface area contributed by atoms with Gasteiger partial charge in [-0.2, -0.15) is 0 Å². The van der Waals surface area contributed by atoms with Crippen molar-refractivity contribution in [1.29, 1.82) is 0 Å². The number of hydrogen-bond acceptors (Lipinski definition) is 4. The zero-order valence-corrected chi connectivity index (χ0v) is 10.1. The number of nitrogens with zero attached hydrogens (tertiary/aromatic N) is 1. The van der Waals surface area contributed by atoms with Crippen molar-refractivity contribution in [1.82, 2.24) is 4.90 Å². The van der Waals surface area contributed by atoms with Gasteiger partial charge in [0.15, 0.2) is 5.76 Å². The molecule has 1 atom stereocenters. The van der Waals surface area contributed by atoms with Crippen molar-refractivity contribution in [3.05, 3.63) is 23.7 Å². The zero-order chi connectivity index (χ0) is 13.1. The van der Waals surface area contributed by atoms with Gasteiger partial charge in [-0.05, 0) is 25.0 Å². The minimum absolute atomic E-state index is 0.162. The molecule has 0 aromatic carbocycles.